The summed E-state index contributed by atoms with van der Waals surface area (Å²) in [5, 5.41) is 0. The molecule has 4 nitrogen and oxygen atoms in total. The second kappa shape index (κ2) is 6.03. The van der Waals surface area contributed by atoms with Gasteiger partial charge in [-0.2, -0.15) is 0 Å². The molecule has 1 aliphatic rings. The molecule has 0 aromatic carbocycles. The molecule has 4 heteroatoms. The van der Waals surface area contributed by atoms with Gasteiger partial charge >= 0.3 is 6.09 Å². The second-order valence-corrected chi connectivity index (χ2v) is 5.71. The van der Waals surface area contributed by atoms with Crippen molar-refractivity contribution in [2.75, 3.05) is 13.1 Å². The number of allylic oxidation sites excluding steroid dienone is 1. The predicted molar refractivity (Wildman–Crippen MR) is 70.4 cm³/mol. The molecule has 1 aliphatic heterocycles. The van der Waals surface area contributed by atoms with Crippen LogP contribution in [0.5, 0.6) is 0 Å². The number of amides is 1. The number of hydrogen-bond acceptors (Lipinski definition) is 3. The highest BCUT2D eigenvalue weighted by atomic mass is 16.6. The third-order valence-corrected chi connectivity index (χ3v) is 2.89. The van der Waals surface area contributed by atoms with Gasteiger partial charge in [0.2, 0.25) is 0 Å². The zero-order chi connectivity index (χ0) is 13.8. The molecule has 102 valence electrons. The maximum atomic E-state index is 11.8. The average molecular weight is 253 g/mol. The van der Waals surface area contributed by atoms with Crippen molar-refractivity contribution in [3.8, 4) is 0 Å². The van der Waals surface area contributed by atoms with Crippen LogP contribution in [0.15, 0.2) is 12.7 Å². The van der Waals surface area contributed by atoms with Crippen LogP contribution in [0.1, 0.15) is 40.0 Å². The van der Waals surface area contributed by atoms with E-state index in [2.05, 4.69) is 6.58 Å². The minimum absolute atomic E-state index is 0.0301. The van der Waals surface area contributed by atoms with Crippen molar-refractivity contribution in [1.82, 2.24) is 4.90 Å². The van der Waals surface area contributed by atoms with E-state index in [4.69, 9.17) is 4.74 Å². The highest BCUT2D eigenvalue weighted by Crippen LogP contribution is 2.21. The summed E-state index contributed by atoms with van der Waals surface area (Å²) in [5.41, 5.74) is -0.484. The Bertz CT molecular complexity index is 330. The summed E-state index contributed by atoms with van der Waals surface area (Å²) in [6, 6.07) is 0. The topological polar surface area (TPSA) is 46.6 Å². The molecular weight excluding hydrogens is 230 g/mol. The van der Waals surface area contributed by atoms with Crippen LogP contribution in [-0.4, -0.2) is 35.5 Å². The third kappa shape index (κ3) is 4.51. The van der Waals surface area contributed by atoms with Gasteiger partial charge in [0.05, 0.1) is 0 Å². The molecule has 1 heterocycles. The van der Waals surface area contributed by atoms with Gasteiger partial charge in [-0.05, 0) is 33.6 Å². The minimum atomic E-state index is -0.484. The maximum absolute atomic E-state index is 11.8. The lowest BCUT2D eigenvalue weighted by atomic mass is 10.00. The summed E-state index contributed by atoms with van der Waals surface area (Å²) < 4.78 is 5.29. The predicted octanol–water partition coefficient (Wildman–Crippen LogP) is 2.78. The second-order valence-electron chi connectivity index (χ2n) is 5.71. The summed E-state index contributed by atoms with van der Waals surface area (Å²) in [5.74, 6) is 0.193. The Balaban J connectivity index is 2.43. The number of carbonyl (C=O) groups is 2. The smallest absolute Gasteiger partial charge is 0.410 e. The Hall–Kier alpha value is -1.32. The number of likely N-dealkylation sites (tertiary alicyclic amines) is 1. The first-order chi connectivity index (χ1) is 8.33. The fraction of sp³-hybridized carbons (Fsp3) is 0.714. The van der Waals surface area contributed by atoms with Crippen LogP contribution < -0.4 is 0 Å². The van der Waals surface area contributed by atoms with Gasteiger partial charge in [0.1, 0.15) is 11.4 Å². The van der Waals surface area contributed by atoms with Gasteiger partial charge in [0.15, 0.2) is 0 Å². The first-order valence-corrected chi connectivity index (χ1v) is 6.45. The van der Waals surface area contributed by atoms with E-state index in [-0.39, 0.29) is 17.8 Å². The monoisotopic (exact) mass is 253 g/mol. The summed E-state index contributed by atoms with van der Waals surface area (Å²) in [4.78, 5) is 25.3. The quantitative estimate of drug-likeness (QED) is 0.724. The molecule has 0 bridgehead atoms. The number of carbonyl (C=O) groups excluding carboxylic acids is 2. The van der Waals surface area contributed by atoms with E-state index in [9.17, 15) is 9.59 Å². The molecule has 0 aliphatic carbocycles. The lowest BCUT2D eigenvalue weighted by Crippen LogP contribution is -2.35. The summed E-state index contributed by atoms with van der Waals surface area (Å²) >= 11 is 0. The summed E-state index contributed by atoms with van der Waals surface area (Å²) in [7, 11) is 0. The fourth-order valence-corrected chi connectivity index (χ4v) is 1.96. The zero-order valence-electron chi connectivity index (χ0n) is 11.6. The van der Waals surface area contributed by atoms with Gasteiger partial charge in [0.25, 0.3) is 0 Å². The van der Waals surface area contributed by atoms with E-state index < -0.39 is 5.60 Å². The van der Waals surface area contributed by atoms with E-state index in [1.807, 2.05) is 20.8 Å². The van der Waals surface area contributed by atoms with Crippen LogP contribution in [0.2, 0.25) is 0 Å². The Labute approximate surface area is 109 Å². The van der Waals surface area contributed by atoms with E-state index in [0.717, 1.165) is 6.42 Å². The molecule has 1 amide bonds. The van der Waals surface area contributed by atoms with Crippen molar-refractivity contribution in [2.45, 2.75) is 45.6 Å². The van der Waals surface area contributed by atoms with Crippen LogP contribution >= 0.6 is 0 Å². The van der Waals surface area contributed by atoms with E-state index in [1.54, 1.807) is 11.0 Å². The zero-order valence-corrected chi connectivity index (χ0v) is 11.6. The molecule has 0 aromatic heterocycles. The fourth-order valence-electron chi connectivity index (χ4n) is 1.96. The molecule has 0 spiro atoms. The van der Waals surface area contributed by atoms with Crippen molar-refractivity contribution in [3.05, 3.63) is 12.7 Å². The molecule has 18 heavy (non-hydrogen) atoms. The maximum Gasteiger partial charge on any atom is 0.410 e. The SMILES string of the molecule is C=CCCC(=O)[C@H]1CCN(C(=O)OC(C)(C)C)C1. The lowest BCUT2D eigenvalue weighted by Gasteiger charge is -2.24. The number of Topliss-reactive ketones (excluding diaryl/α,β-unsaturated/α-hetero) is 1. The van der Waals surface area contributed by atoms with Crippen LogP contribution in [0, 0.1) is 5.92 Å². The number of rotatable bonds is 4. The molecule has 0 aromatic rings. The molecule has 0 radical (unpaired) electrons. The Kier molecular flexibility index (Phi) is 4.93. The molecule has 1 fully saturated rings. The molecule has 1 saturated heterocycles. The van der Waals surface area contributed by atoms with Gasteiger partial charge < -0.3 is 9.64 Å². The Morgan fingerprint density at radius 1 is 1.44 bits per heavy atom. The van der Waals surface area contributed by atoms with Crippen molar-refractivity contribution < 1.29 is 14.3 Å². The van der Waals surface area contributed by atoms with Crippen molar-refractivity contribution in [2.24, 2.45) is 5.92 Å². The minimum Gasteiger partial charge on any atom is -0.444 e. The average Bonchev–Trinajstić information content (AvgIpc) is 2.72. The van der Waals surface area contributed by atoms with Crippen LogP contribution in [-0.2, 0) is 9.53 Å². The van der Waals surface area contributed by atoms with Crippen LogP contribution in [0.4, 0.5) is 4.79 Å². The number of nitrogens with zero attached hydrogens (tertiary/aromatic N) is 1. The van der Waals surface area contributed by atoms with Crippen molar-refractivity contribution >= 4 is 11.9 Å². The number of ether oxygens (including phenoxy) is 1. The van der Waals surface area contributed by atoms with E-state index in [0.29, 0.717) is 25.9 Å². The van der Waals surface area contributed by atoms with Crippen molar-refractivity contribution in [1.29, 1.82) is 0 Å². The standard InChI is InChI=1S/C14H23NO3/c1-5-6-7-12(16)11-8-9-15(10-11)13(17)18-14(2,3)4/h5,11H,1,6-10H2,2-4H3/t11-/m0/s1. The summed E-state index contributed by atoms with van der Waals surface area (Å²) in [6.07, 6.45) is 3.41. The largest absolute Gasteiger partial charge is 0.444 e. The summed E-state index contributed by atoms with van der Waals surface area (Å²) in [6.45, 7) is 10.2. The molecular formula is C14H23NO3. The van der Waals surface area contributed by atoms with Gasteiger partial charge in [-0.3, -0.25) is 4.79 Å². The highest BCUT2D eigenvalue weighted by molar-refractivity contribution is 5.82. The molecule has 1 atom stereocenters. The normalized spacial score (nSPS) is 19.7. The molecule has 0 unspecified atom stereocenters. The Morgan fingerprint density at radius 3 is 2.67 bits per heavy atom. The van der Waals surface area contributed by atoms with E-state index >= 15 is 0 Å². The van der Waals surface area contributed by atoms with Gasteiger partial charge in [-0.25, -0.2) is 4.79 Å². The van der Waals surface area contributed by atoms with Gasteiger partial charge in [-0.1, -0.05) is 6.08 Å². The van der Waals surface area contributed by atoms with Gasteiger partial charge in [-0.15, -0.1) is 6.58 Å². The van der Waals surface area contributed by atoms with Crippen molar-refractivity contribution in [3.63, 3.8) is 0 Å². The lowest BCUT2D eigenvalue weighted by molar-refractivity contribution is -0.122. The first-order valence-electron chi connectivity index (χ1n) is 6.45. The molecule has 1 rings (SSSR count). The number of ketones is 1. The Morgan fingerprint density at radius 2 is 2.11 bits per heavy atom. The van der Waals surface area contributed by atoms with E-state index in [1.165, 1.54) is 0 Å². The number of hydrogen-bond donors (Lipinski definition) is 0. The molecule has 0 saturated carbocycles. The highest BCUT2D eigenvalue weighted by Gasteiger charge is 2.32. The van der Waals surface area contributed by atoms with Crippen LogP contribution in [0.25, 0.3) is 0 Å². The first kappa shape index (κ1) is 14.7. The third-order valence-electron chi connectivity index (χ3n) is 2.89. The van der Waals surface area contributed by atoms with Crippen LogP contribution in [0.3, 0.4) is 0 Å². The molecule has 0 N–H and O–H groups in total. The van der Waals surface area contributed by atoms with Gasteiger partial charge in [0, 0.05) is 25.4 Å².